The van der Waals surface area contributed by atoms with Crippen LogP contribution in [0.5, 0.6) is 11.5 Å². The molecule has 0 amide bonds. The molecule has 20 heavy (non-hydrogen) atoms. The van der Waals surface area contributed by atoms with Gasteiger partial charge in [0, 0.05) is 12.0 Å². The Kier molecular flexibility index (Phi) is 4.11. The van der Waals surface area contributed by atoms with Gasteiger partial charge < -0.3 is 14.2 Å². The molecular weight excluding hydrogens is 270 g/mol. The summed E-state index contributed by atoms with van der Waals surface area (Å²) in [6.45, 7) is 1.41. The number of benzene rings is 1. The number of hydrogen-bond acceptors (Lipinski definition) is 4. The third-order valence-corrected chi connectivity index (χ3v) is 3.09. The minimum absolute atomic E-state index is 0.0754. The summed E-state index contributed by atoms with van der Waals surface area (Å²) in [5.74, 6) is -3.93. The molecule has 1 aromatic carbocycles. The van der Waals surface area contributed by atoms with Crippen LogP contribution in [0.2, 0.25) is 0 Å². The molecule has 0 spiro atoms. The van der Waals surface area contributed by atoms with E-state index in [9.17, 15) is 13.6 Å². The molecule has 1 atom stereocenters. The lowest BCUT2D eigenvalue weighted by Gasteiger charge is -2.18. The topological polar surface area (TPSA) is 44.8 Å². The second-order valence-corrected chi connectivity index (χ2v) is 4.51. The summed E-state index contributed by atoms with van der Waals surface area (Å²) in [6, 6.07) is 5.16. The number of alkyl halides is 2. The third-order valence-electron chi connectivity index (χ3n) is 3.09. The lowest BCUT2D eigenvalue weighted by atomic mass is 10.0. The molecule has 1 aliphatic rings. The number of carbonyl (C=O) groups is 1. The predicted molar refractivity (Wildman–Crippen MR) is 67.3 cm³/mol. The number of esters is 1. The monoisotopic (exact) mass is 286 g/mol. The fraction of sp³-hybridized carbons (Fsp3) is 0.500. The number of halogens is 2. The molecule has 0 aromatic heterocycles. The highest BCUT2D eigenvalue weighted by molar-refractivity contribution is 5.77. The smallest absolute Gasteiger partial charge is 0.377 e. The number of rotatable bonds is 5. The SMILES string of the molecule is CCOC(=O)C(F)(F)CC1Cc2c(OC)cccc2O1. The van der Waals surface area contributed by atoms with Crippen LogP contribution in [0.15, 0.2) is 18.2 Å². The van der Waals surface area contributed by atoms with Crippen LogP contribution in [-0.2, 0) is 16.0 Å². The van der Waals surface area contributed by atoms with Gasteiger partial charge in [0.05, 0.1) is 20.1 Å². The first-order valence-corrected chi connectivity index (χ1v) is 6.35. The quantitative estimate of drug-likeness (QED) is 0.780. The minimum Gasteiger partial charge on any atom is -0.496 e. The van der Waals surface area contributed by atoms with Crippen LogP contribution in [0.25, 0.3) is 0 Å². The van der Waals surface area contributed by atoms with Crippen molar-refractivity contribution in [3.63, 3.8) is 0 Å². The minimum atomic E-state index is -3.55. The van der Waals surface area contributed by atoms with Gasteiger partial charge in [-0.05, 0) is 19.1 Å². The van der Waals surface area contributed by atoms with Crippen LogP contribution in [0.1, 0.15) is 18.9 Å². The molecule has 0 aliphatic carbocycles. The summed E-state index contributed by atoms with van der Waals surface area (Å²) in [5.41, 5.74) is 0.750. The van der Waals surface area contributed by atoms with Crippen molar-refractivity contribution in [1.29, 1.82) is 0 Å². The van der Waals surface area contributed by atoms with E-state index in [4.69, 9.17) is 9.47 Å². The van der Waals surface area contributed by atoms with E-state index in [0.29, 0.717) is 11.5 Å². The number of carbonyl (C=O) groups excluding carboxylic acids is 1. The summed E-state index contributed by atoms with van der Waals surface area (Å²) in [6.07, 6.45) is -1.18. The standard InChI is InChI=1S/C14H16F2O4/c1-3-19-13(17)14(15,16)8-9-7-10-11(18-2)5-4-6-12(10)20-9/h4-6,9H,3,7-8H2,1-2H3. The normalized spacial score (nSPS) is 17.3. The molecule has 1 aromatic rings. The van der Waals surface area contributed by atoms with Crippen molar-refractivity contribution >= 4 is 5.97 Å². The van der Waals surface area contributed by atoms with Crippen molar-refractivity contribution in [3.8, 4) is 11.5 Å². The van der Waals surface area contributed by atoms with Crippen LogP contribution < -0.4 is 9.47 Å². The van der Waals surface area contributed by atoms with Crippen LogP contribution >= 0.6 is 0 Å². The molecule has 0 bridgehead atoms. The van der Waals surface area contributed by atoms with E-state index >= 15 is 0 Å². The highest BCUT2D eigenvalue weighted by atomic mass is 19.3. The Morgan fingerprint density at radius 3 is 2.90 bits per heavy atom. The van der Waals surface area contributed by atoms with Gasteiger partial charge in [0.2, 0.25) is 0 Å². The first-order valence-electron chi connectivity index (χ1n) is 6.35. The number of fused-ring (bicyclic) bond motifs is 1. The zero-order valence-corrected chi connectivity index (χ0v) is 11.3. The van der Waals surface area contributed by atoms with E-state index in [2.05, 4.69) is 4.74 Å². The summed E-state index contributed by atoms with van der Waals surface area (Å²) in [5, 5.41) is 0. The van der Waals surface area contributed by atoms with E-state index in [1.807, 2.05) is 0 Å². The second-order valence-electron chi connectivity index (χ2n) is 4.51. The Hall–Kier alpha value is -1.85. The van der Waals surface area contributed by atoms with Gasteiger partial charge in [-0.25, -0.2) is 4.79 Å². The highest BCUT2D eigenvalue weighted by Gasteiger charge is 2.45. The zero-order chi connectivity index (χ0) is 14.8. The van der Waals surface area contributed by atoms with E-state index in [-0.39, 0.29) is 13.0 Å². The van der Waals surface area contributed by atoms with Gasteiger partial charge in [0.1, 0.15) is 17.6 Å². The molecular formula is C14H16F2O4. The maximum atomic E-state index is 13.7. The molecule has 4 nitrogen and oxygen atoms in total. The lowest BCUT2D eigenvalue weighted by Crippen LogP contribution is -2.36. The van der Waals surface area contributed by atoms with Gasteiger partial charge in [-0.15, -0.1) is 0 Å². The largest absolute Gasteiger partial charge is 0.496 e. The summed E-state index contributed by atoms with van der Waals surface area (Å²) < 4.78 is 42.3. The van der Waals surface area contributed by atoms with E-state index in [1.54, 1.807) is 18.2 Å². The first kappa shape index (κ1) is 14.6. The number of hydrogen-bond donors (Lipinski definition) is 0. The van der Waals surface area contributed by atoms with Crippen molar-refractivity contribution in [3.05, 3.63) is 23.8 Å². The summed E-state index contributed by atoms with van der Waals surface area (Å²) >= 11 is 0. The molecule has 1 aliphatic heterocycles. The number of methoxy groups -OCH3 is 1. The zero-order valence-electron chi connectivity index (χ0n) is 11.3. The Morgan fingerprint density at radius 1 is 1.50 bits per heavy atom. The van der Waals surface area contributed by atoms with Gasteiger partial charge in [0.15, 0.2) is 0 Å². The molecule has 2 rings (SSSR count). The van der Waals surface area contributed by atoms with Crippen LogP contribution in [0, 0.1) is 0 Å². The summed E-state index contributed by atoms with van der Waals surface area (Å²) in [7, 11) is 1.51. The summed E-state index contributed by atoms with van der Waals surface area (Å²) in [4.78, 5) is 11.2. The van der Waals surface area contributed by atoms with Crippen molar-refractivity contribution in [1.82, 2.24) is 0 Å². The molecule has 0 fully saturated rings. The molecule has 0 N–H and O–H groups in total. The molecule has 1 unspecified atom stereocenters. The average molecular weight is 286 g/mol. The lowest BCUT2D eigenvalue weighted by molar-refractivity contribution is -0.174. The van der Waals surface area contributed by atoms with Crippen molar-refractivity contribution in [2.45, 2.75) is 31.8 Å². The van der Waals surface area contributed by atoms with Crippen molar-refractivity contribution < 1.29 is 27.8 Å². The average Bonchev–Trinajstić information content (AvgIpc) is 2.80. The predicted octanol–water partition coefficient (Wildman–Crippen LogP) is 2.59. The third kappa shape index (κ3) is 2.84. The van der Waals surface area contributed by atoms with Gasteiger partial charge >= 0.3 is 11.9 Å². The van der Waals surface area contributed by atoms with Crippen LogP contribution in [-0.4, -0.2) is 31.7 Å². The molecule has 1 heterocycles. The fourth-order valence-electron chi connectivity index (χ4n) is 2.22. The number of ether oxygens (including phenoxy) is 3. The Bertz CT molecular complexity index is 502. The molecule has 6 heteroatoms. The van der Waals surface area contributed by atoms with Gasteiger partial charge in [-0.3, -0.25) is 0 Å². The van der Waals surface area contributed by atoms with Gasteiger partial charge in [-0.1, -0.05) is 6.07 Å². The Balaban J connectivity index is 2.06. The van der Waals surface area contributed by atoms with E-state index in [1.165, 1.54) is 14.0 Å². The van der Waals surface area contributed by atoms with Crippen LogP contribution in [0.4, 0.5) is 8.78 Å². The van der Waals surface area contributed by atoms with Crippen LogP contribution in [0.3, 0.4) is 0 Å². The molecule has 0 saturated heterocycles. The van der Waals surface area contributed by atoms with Gasteiger partial charge in [0.25, 0.3) is 0 Å². The fourth-order valence-corrected chi connectivity index (χ4v) is 2.22. The molecule has 0 saturated carbocycles. The van der Waals surface area contributed by atoms with E-state index < -0.39 is 24.4 Å². The Morgan fingerprint density at radius 2 is 2.25 bits per heavy atom. The molecule has 110 valence electrons. The highest BCUT2D eigenvalue weighted by Crippen LogP contribution is 2.38. The second kappa shape index (κ2) is 5.64. The molecule has 0 radical (unpaired) electrons. The van der Waals surface area contributed by atoms with Gasteiger partial charge in [-0.2, -0.15) is 8.78 Å². The maximum absolute atomic E-state index is 13.7. The van der Waals surface area contributed by atoms with Crippen molar-refractivity contribution in [2.24, 2.45) is 0 Å². The van der Waals surface area contributed by atoms with Crippen molar-refractivity contribution in [2.75, 3.05) is 13.7 Å². The van der Waals surface area contributed by atoms with E-state index in [0.717, 1.165) is 5.56 Å². The maximum Gasteiger partial charge on any atom is 0.377 e. The first-order chi connectivity index (χ1) is 9.47. The Labute approximate surface area is 115 Å².